The van der Waals surface area contributed by atoms with Crippen LogP contribution in [0.15, 0.2) is 28.7 Å². The van der Waals surface area contributed by atoms with Crippen molar-refractivity contribution in [2.45, 2.75) is 45.2 Å². The van der Waals surface area contributed by atoms with Crippen molar-refractivity contribution in [2.75, 3.05) is 11.9 Å². The second-order valence-electron chi connectivity index (χ2n) is 7.30. The molecule has 1 aliphatic heterocycles. The molecule has 2 heterocycles. The molecule has 0 unspecified atom stereocenters. The second-order valence-corrected chi connectivity index (χ2v) is 7.30. The van der Waals surface area contributed by atoms with Crippen LogP contribution in [0.1, 0.15) is 33.1 Å². The molecule has 4 rings (SSSR count). The number of hydrogen-bond acceptors (Lipinski definition) is 5. The minimum Gasteiger partial charge on any atom is -0.403 e. The summed E-state index contributed by atoms with van der Waals surface area (Å²) in [6, 6.07) is 5.83. The van der Waals surface area contributed by atoms with E-state index in [4.69, 9.17) is 4.42 Å². The molecule has 132 valence electrons. The molecule has 1 aliphatic carbocycles. The number of likely N-dealkylation sites (tertiary alicyclic amines) is 1. The first-order valence-electron chi connectivity index (χ1n) is 8.62. The van der Waals surface area contributed by atoms with Gasteiger partial charge in [0.25, 0.3) is 0 Å². The molecule has 2 aliphatic rings. The van der Waals surface area contributed by atoms with Crippen molar-refractivity contribution in [3.63, 3.8) is 0 Å². The maximum atomic E-state index is 13.0. The van der Waals surface area contributed by atoms with E-state index in [0.29, 0.717) is 11.0 Å². The van der Waals surface area contributed by atoms with Crippen molar-refractivity contribution in [3.05, 3.63) is 30.1 Å². The predicted molar refractivity (Wildman–Crippen MR) is 90.2 cm³/mol. The first kappa shape index (κ1) is 16.1. The fraction of sp³-hybridized carbons (Fsp3) is 0.500. The number of halogens is 1. The molecule has 2 aromatic rings. The largest absolute Gasteiger partial charge is 0.403 e. The fourth-order valence-corrected chi connectivity index (χ4v) is 3.64. The molecule has 1 N–H and O–H groups in total. The van der Waals surface area contributed by atoms with Crippen molar-refractivity contribution in [2.24, 2.45) is 5.41 Å². The van der Waals surface area contributed by atoms with Gasteiger partial charge in [-0.1, -0.05) is 5.10 Å². The first-order valence-corrected chi connectivity index (χ1v) is 8.62. The molecule has 1 spiro atoms. The Morgan fingerprint density at radius 1 is 1.36 bits per heavy atom. The third-order valence-corrected chi connectivity index (χ3v) is 5.23. The molecule has 1 aromatic carbocycles. The van der Waals surface area contributed by atoms with Crippen LogP contribution in [-0.2, 0) is 4.79 Å². The van der Waals surface area contributed by atoms with Gasteiger partial charge in [-0.05, 0) is 62.8 Å². The number of nitrogens with one attached hydrogen (secondary N) is 1. The van der Waals surface area contributed by atoms with E-state index in [2.05, 4.69) is 22.4 Å². The molecule has 1 aromatic heterocycles. The van der Waals surface area contributed by atoms with E-state index in [0.717, 1.165) is 13.0 Å². The number of amides is 1. The van der Waals surface area contributed by atoms with Gasteiger partial charge >= 0.3 is 6.01 Å². The van der Waals surface area contributed by atoms with Gasteiger partial charge in [0, 0.05) is 18.2 Å². The third-order valence-electron chi connectivity index (χ3n) is 5.23. The highest BCUT2D eigenvalue weighted by Crippen LogP contribution is 2.54. The Balaban J connectivity index is 1.42. The summed E-state index contributed by atoms with van der Waals surface area (Å²) < 4.78 is 18.5. The van der Waals surface area contributed by atoms with Gasteiger partial charge in [-0.2, -0.15) is 0 Å². The SMILES string of the molecule is C[C@@H]1CC2(CC2)CN1C(=O)[C@@H](C)Nc1nnc(-c2ccc(F)cc2)o1. The predicted octanol–water partition coefficient (Wildman–Crippen LogP) is 3.08. The highest BCUT2D eigenvalue weighted by molar-refractivity contribution is 5.84. The lowest BCUT2D eigenvalue weighted by Crippen LogP contribution is -2.43. The average molecular weight is 344 g/mol. The Morgan fingerprint density at radius 3 is 2.72 bits per heavy atom. The number of hydrogen-bond donors (Lipinski definition) is 1. The summed E-state index contributed by atoms with van der Waals surface area (Å²) in [4.78, 5) is 14.7. The van der Waals surface area contributed by atoms with E-state index in [1.54, 1.807) is 19.1 Å². The van der Waals surface area contributed by atoms with Gasteiger partial charge in [0.15, 0.2) is 0 Å². The van der Waals surface area contributed by atoms with Crippen LogP contribution < -0.4 is 5.32 Å². The van der Waals surface area contributed by atoms with E-state index in [1.807, 2.05) is 4.90 Å². The lowest BCUT2D eigenvalue weighted by molar-refractivity contribution is -0.132. The summed E-state index contributed by atoms with van der Waals surface area (Å²) >= 11 is 0. The number of rotatable bonds is 4. The van der Waals surface area contributed by atoms with E-state index in [-0.39, 0.29) is 29.7 Å². The van der Waals surface area contributed by atoms with Crippen LogP contribution in [0.4, 0.5) is 10.4 Å². The van der Waals surface area contributed by atoms with Crippen LogP contribution in [0.25, 0.3) is 11.5 Å². The number of anilines is 1. The van der Waals surface area contributed by atoms with Gasteiger partial charge in [0.1, 0.15) is 11.9 Å². The Kier molecular flexibility index (Phi) is 3.74. The number of carbonyl (C=O) groups excluding carboxylic acids is 1. The van der Waals surface area contributed by atoms with Crippen LogP contribution in [0, 0.1) is 11.2 Å². The molecule has 7 heteroatoms. The molecule has 0 bridgehead atoms. The summed E-state index contributed by atoms with van der Waals surface area (Å²) in [5.74, 6) is 0.0143. The van der Waals surface area contributed by atoms with Crippen LogP contribution in [0.3, 0.4) is 0 Å². The van der Waals surface area contributed by atoms with Crippen molar-refractivity contribution < 1.29 is 13.6 Å². The zero-order chi connectivity index (χ0) is 17.6. The number of benzene rings is 1. The maximum Gasteiger partial charge on any atom is 0.316 e. The van der Waals surface area contributed by atoms with Crippen LogP contribution >= 0.6 is 0 Å². The normalized spacial score (nSPS) is 22.2. The van der Waals surface area contributed by atoms with Gasteiger partial charge in [-0.15, -0.1) is 5.10 Å². The number of carbonyl (C=O) groups is 1. The standard InChI is InChI=1S/C18H21FN4O2/c1-11-9-18(7-8-18)10-23(11)16(24)12(2)20-17-22-21-15(25-17)13-3-5-14(19)6-4-13/h3-6,11-12H,7-10H2,1-2H3,(H,20,22)/t11-,12-/m1/s1. The summed E-state index contributed by atoms with van der Waals surface area (Å²) in [5.41, 5.74) is 1.01. The third kappa shape index (κ3) is 3.10. The Labute approximate surface area is 145 Å². The monoisotopic (exact) mass is 344 g/mol. The van der Waals surface area contributed by atoms with E-state index in [1.165, 1.54) is 25.0 Å². The van der Waals surface area contributed by atoms with Gasteiger partial charge in [-0.3, -0.25) is 4.79 Å². The van der Waals surface area contributed by atoms with Crippen LogP contribution in [0.2, 0.25) is 0 Å². The van der Waals surface area contributed by atoms with Gasteiger partial charge in [-0.25, -0.2) is 4.39 Å². The molecule has 6 nitrogen and oxygen atoms in total. The van der Waals surface area contributed by atoms with E-state index in [9.17, 15) is 9.18 Å². The van der Waals surface area contributed by atoms with Gasteiger partial charge < -0.3 is 14.6 Å². The minimum absolute atomic E-state index is 0.0535. The van der Waals surface area contributed by atoms with E-state index < -0.39 is 6.04 Å². The average Bonchev–Trinajstić information content (AvgIpc) is 3.03. The first-order chi connectivity index (χ1) is 12.0. The molecule has 2 fully saturated rings. The summed E-state index contributed by atoms with van der Waals surface area (Å²) in [6.45, 7) is 4.76. The smallest absolute Gasteiger partial charge is 0.316 e. The quantitative estimate of drug-likeness (QED) is 0.923. The summed E-state index contributed by atoms with van der Waals surface area (Å²) in [5, 5.41) is 10.9. The highest BCUT2D eigenvalue weighted by atomic mass is 19.1. The lowest BCUT2D eigenvalue weighted by atomic mass is 10.0. The summed E-state index contributed by atoms with van der Waals surface area (Å²) in [6.07, 6.45) is 3.56. The van der Waals surface area contributed by atoms with Crippen molar-refractivity contribution in [1.82, 2.24) is 15.1 Å². The van der Waals surface area contributed by atoms with Crippen molar-refractivity contribution >= 4 is 11.9 Å². The van der Waals surface area contributed by atoms with Gasteiger partial charge in [0.05, 0.1) is 0 Å². The maximum absolute atomic E-state index is 13.0. The molecular formula is C18H21FN4O2. The number of nitrogens with zero attached hydrogens (tertiary/aromatic N) is 3. The zero-order valence-corrected chi connectivity index (χ0v) is 14.3. The van der Waals surface area contributed by atoms with E-state index >= 15 is 0 Å². The molecule has 1 saturated carbocycles. The fourth-order valence-electron chi connectivity index (χ4n) is 3.64. The van der Waals surface area contributed by atoms with Crippen molar-refractivity contribution in [3.8, 4) is 11.5 Å². The molecule has 0 radical (unpaired) electrons. The highest BCUT2D eigenvalue weighted by Gasteiger charge is 2.52. The number of aromatic nitrogens is 2. The van der Waals surface area contributed by atoms with Gasteiger partial charge in [0.2, 0.25) is 11.8 Å². The molecule has 1 saturated heterocycles. The Hall–Kier alpha value is -2.44. The van der Waals surface area contributed by atoms with Crippen LogP contribution in [-0.4, -0.2) is 39.6 Å². The molecular weight excluding hydrogens is 323 g/mol. The Bertz CT molecular complexity index is 785. The molecule has 1 amide bonds. The summed E-state index contributed by atoms with van der Waals surface area (Å²) in [7, 11) is 0. The lowest BCUT2D eigenvalue weighted by Gasteiger charge is -2.25. The topological polar surface area (TPSA) is 71.3 Å². The second kappa shape index (κ2) is 5.82. The zero-order valence-electron chi connectivity index (χ0n) is 14.3. The molecule has 2 atom stereocenters. The Morgan fingerprint density at radius 2 is 2.08 bits per heavy atom. The molecule has 25 heavy (non-hydrogen) atoms. The van der Waals surface area contributed by atoms with Crippen molar-refractivity contribution in [1.29, 1.82) is 0 Å². The van der Waals surface area contributed by atoms with Crippen LogP contribution in [0.5, 0.6) is 0 Å². The minimum atomic E-state index is -0.446.